The third kappa shape index (κ3) is 3.85. The van der Waals surface area contributed by atoms with Crippen LogP contribution in [-0.2, 0) is 13.7 Å². The molecule has 0 atom stereocenters. The highest BCUT2D eigenvalue weighted by Crippen LogP contribution is 1.78. The minimum atomic E-state index is 0. The number of rotatable bonds is 4. The molecule has 0 aromatic carbocycles. The van der Waals surface area contributed by atoms with E-state index in [0.29, 0.717) is 0 Å². The lowest BCUT2D eigenvalue weighted by Crippen LogP contribution is -3.00. The average Bonchev–Trinajstić information content (AvgIpc) is 2.37. The topological polar surface area (TPSA) is 32.9 Å². The number of nitrogens with zero attached hydrogens (tertiary/aromatic N) is 2. The van der Waals surface area contributed by atoms with E-state index in [1.165, 1.54) is 0 Å². The molecule has 1 heterocycles. The first kappa shape index (κ1) is 11.6. The molecule has 1 rings (SSSR count). The maximum Gasteiger partial charge on any atom is 0.244 e. The second kappa shape index (κ2) is 6.16. The predicted octanol–water partition coefficient (Wildman–Crippen LogP) is -3.96. The fourth-order valence-electron chi connectivity index (χ4n) is 0.905. The molecule has 1 aromatic heterocycles. The predicted molar refractivity (Wildman–Crippen MR) is 42.7 cm³/mol. The number of hydrogen-bond donors (Lipinski definition) is 2. The molecular weight excluding hydrogens is 220 g/mol. The first-order chi connectivity index (χ1) is 5.33. The molecule has 12 heavy (non-hydrogen) atoms. The third-order valence-corrected chi connectivity index (χ3v) is 1.42. The standard InChI is InChI=1S/C7H15N4.BrH/c1-8-5-9-6-11-4-3-10(2)7-11;/h3-4,7-9H,5-6H2,1-2H3;1H/q+1;/p-1. The summed E-state index contributed by atoms with van der Waals surface area (Å²) in [4.78, 5) is 0. The number of halogens is 1. The van der Waals surface area contributed by atoms with Crippen molar-refractivity contribution in [1.29, 1.82) is 0 Å². The smallest absolute Gasteiger partial charge is 0.244 e. The van der Waals surface area contributed by atoms with Crippen LogP contribution >= 0.6 is 0 Å². The number of nitrogens with one attached hydrogen (secondary N) is 2. The van der Waals surface area contributed by atoms with E-state index in [9.17, 15) is 0 Å². The first-order valence-corrected chi connectivity index (χ1v) is 3.69. The lowest BCUT2D eigenvalue weighted by atomic mass is 10.8. The Bertz CT molecular complexity index is 211. The highest BCUT2D eigenvalue weighted by Gasteiger charge is 1.96. The van der Waals surface area contributed by atoms with E-state index in [-0.39, 0.29) is 17.0 Å². The summed E-state index contributed by atoms with van der Waals surface area (Å²) in [5.74, 6) is 0. The zero-order chi connectivity index (χ0) is 8.10. The van der Waals surface area contributed by atoms with Crippen LogP contribution in [0.3, 0.4) is 0 Å². The van der Waals surface area contributed by atoms with Gasteiger partial charge in [0.1, 0.15) is 19.1 Å². The summed E-state index contributed by atoms with van der Waals surface area (Å²) in [6.45, 7) is 1.68. The van der Waals surface area contributed by atoms with Crippen molar-refractivity contribution >= 4 is 0 Å². The van der Waals surface area contributed by atoms with Gasteiger partial charge in [0.2, 0.25) is 6.33 Å². The second-order valence-electron chi connectivity index (χ2n) is 2.53. The van der Waals surface area contributed by atoms with Gasteiger partial charge in [-0.15, -0.1) is 0 Å². The second-order valence-corrected chi connectivity index (χ2v) is 2.53. The highest BCUT2D eigenvalue weighted by atomic mass is 79.9. The van der Waals surface area contributed by atoms with Crippen LogP contribution < -0.4 is 32.2 Å². The zero-order valence-corrected chi connectivity index (χ0v) is 9.00. The third-order valence-electron chi connectivity index (χ3n) is 1.42. The Balaban J connectivity index is 0.00000121. The van der Waals surface area contributed by atoms with Gasteiger partial charge in [-0.2, -0.15) is 0 Å². The van der Waals surface area contributed by atoms with Crippen LogP contribution in [0.25, 0.3) is 0 Å². The number of imidazole rings is 1. The summed E-state index contributed by atoms with van der Waals surface area (Å²) >= 11 is 0. The van der Waals surface area contributed by atoms with Gasteiger partial charge in [-0.3, -0.25) is 5.32 Å². The van der Waals surface area contributed by atoms with Crippen LogP contribution in [-0.4, -0.2) is 18.3 Å². The maximum atomic E-state index is 3.20. The van der Waals surface area contributed by atoms with Gasteiger partial charge < -0.3 is 22.3 Å². The van der Waals surface area contributed by atoms with Crippen LogP contribution in [0, 0.1) is 0 Å². The summed E-state index contributed by atoms with van der Waals surface area (Å²) in [7, 11) is 3.93. The lowest BCUT2D eigenvalue weighted by molar-refractivity contribution is -0.671. The number of hydrogen-bond acceptors (Lipinski definition) is 2. The van der Waals surface area contributed by atoms with Gasteiger partial charge in [0.25, 0.3) is 0 Å². The molecule has 0 spiro atoms. The van der Waals surface area contributed by atoms with Gasteiger partial charge in [0.05, 0.1) is 7.05 Å². The summed E-state index contributed by atoms with van der Waals surface area (Å²) in [6.07, 6.45) is 6.08. The van der Waals surface area contributed by atoms with Crippen molar-refractivity contribution in [2.24, 2.45) is 7.05 Å². The molecule has 0 fully saturated rings. The van der Waals surface area contributed by atoms with E-state index >= 15 is 0 Å². The number of aromatic nitrogens is 2. The van der Waals surface area contributed by atoms with E-state index in [0.717, 1.165) is 13.3 Å². The normalized spacial score (nSPS) is 9.50. The van der Waals surface area contributed by atoms with Gasteiger partial charge in [0, 0.05) is 6.67 Å². The van der Waals surface area contributed by atoms with Gasteiger partial charge in [0.15, 0.2) is 0 Å². The summed E-state index contributed by atoms with van der Waals surface area (Å²) < 4.78 is 4.10. The van der Waals surface area contributed by atoms with Crippen molar-refractivity contribution in [3.05, 3.63) is 18.7 Å². The average molecular weight is 235 g/mol. The summed E-state index contributed by atoms with van der Waals surface area (Å²) in [6, 6.07) is 0. The van der Waals surface area contributed by atoms with Crippen molar-refractivity contribution in [3.8, 4) is 0 Å². The molecule has 0 saturated heterocycles. The molecule has 0 aliphatic carbocycles. The fourth-order valence-corrected chi connectivity index (χ4v) is 0.905. The molecule has 0 aliphatic rings. The quantitative estimate of drug-likeness (QED) is 0.317. The van der Waals surface area contributed by atoms with Crippen LogP contribution in [0.4, 0.5) is 0 Å². The Morgan fingerprint density at radius 2 is 2.25 bits per heavy atom. The SMILES string of the molecule is CNCNCn1cc[n+](C)c1.[Br-]. The molecule has 0 amide bonds. The zero-order valence-electron chi connectivity index (χ0n) is 7.42. The molecule has 0 radical (unpaired) electrons. The largest absolute Gasteiger partial charge is 1.00 e. The Kier molecular flexibility index (Phi) is 5.96. The first-order valence-electron chi connectivity index (χ1n) is 3.69. The summed E-state index contributed by atoms with van der Waals surface area (Å²) in [5, 5.41) is 6.22. The monoisotopic (exact) mass is 234 g/mol. The molecular formula is C7H15BrN4. The fraction of sp³-hybridized carbons (Fsp3) is 0.571. The molecule has 0 bridgehead atoms. The van der Waals surface area contributed by atoms with E-state index in [1.54, 1.807) is 0 Å². The Hall–Kier alpha value is -0.390. The molecule has 0 aliphatic heterocycles. The van der Waals surface area contributed by atoms with Crippen LogP contribution in [0.2, 0.25) is 0 Å². The molecule has 4 nitrogen and oxygen atoms in total. The molecule has 0 saturated carbocycles. The van der Waals surface area contributed by atoms with Crippen LogP contribution in [0.5, 0.6) is 0 Å². The molecule has 0 unspecified atom stereocenters. The van der Waals surface area contributed by atoms with Gasteiger partial charge >= 0.3 is 0 Å². The van der Waals surface area contributed by atoms with Crippen molar-refractivity contribution in [2.45, 2.75) is 6.67 Å². The molecule has 1 aromatic rings. The number of aryl methyl sites for hydroxylation is 1. The highest BCUT2D eigenvalue weighted by molar-refractivity contribution is 4.64. The lowest BCUT2D eigenvalue weighted by Gasteiger charge is -1.98. The van der Waals surface area contributed by atoms with Crippen molar-refractivity contribution in [3.63, 3.8) is 0 Å². The van der Waals surface area contributed by atoms with Crippen molar-refractivity contribution < 1.29 is 21.5 Å². The van der Waals surface area contributed by atoms with Gasteiger partial charge in [-0.05, 0) is 7.05 Å². The Labute approximate surface area is 83.4 Å². The van der Waals surface area contributed by atoms with E-state index in [1.807, 2.05) is 37.4 Å². The van der Waals surface area contributed by atoms with Crippen molar-refractivity contribution in [2.75, 3.05) is 13.7 Å². The van der Waals surface area contributed by atoms with Crippen molar-refractivity contribution in [1.82, 2.24) is 15.2 Å². The molecule has 2 N–H and O–H groups in total. The van der Waals surface area contributed by atoms with E-state index in [4.69, 9.17) is 0 Å². The van der Waals surface area contributed by atoms with E-state index in [2.05, 4.69) is 15.2 Å². The Morgan fingerprint density at radius 1 is 1.50 bits per heavy atom. The molecule has 5 heteroatoms. The van der Waals surface area contributed by atoms with Crippen LogP contribution in [0.15, 0.2) is 18.7 Å². The Morgan fingerprint density at radius 3 is 2.75 bits per heavy atom. The summed E-state index contributed by atoms with van der Waals surface area (Å²) in [5.41, 5.74) is 0. The maximum absolute atomic E-state index is 3.20. The minimum Gasteiger partial charge on any atom is -1.00 e. The molecule has 70 valence electrons. The minimum absolute atomic E-state index is 0. The van der Waals surface area contributed by atoms with Crippen LogP contribution in [0.1, 0.15) is 0 Å². The van der Waals surface area contributed by atoms with Gasteiger partial charge in [-0.1, -0.05) is 0 Å². The van der Waals surface area contributed by atoms with Gasteiger partial charge in [-0.25, -0.2) is 9.13 Å². The van der Waals surface area contributed by atoms with E-state index < -0.39 is 0 Å².